The molecular weight excluding hydrogens is 318 g/mol. The van der Waals surface area contributed by atoms with E-state index in [1.54, 1.807) is 0 Å². The van der Waals surface area contributed by atoms with Crippen LogP contribution >= 0.6 is 0 Å². The molecule has 2 aliphatic rings. The molecule has 144 valence electrons. The van der Waals surface area contributed by atoms with Gasteiger partial charge in [-0.3, -0.25) is 14.5 Å². The maximum Gasteiger partial charge on any atom is 0.224 e. The van der Waals surface area contributed by atoms with E-state index in [9.17, 15) is 9.59 Å². The van der Waals surface area contributed by atoms with Crippen molar-refractivity contribution in [3.05, 3.63) is 0 Å². The van der Waals surface area contributed by atoms with Crippen molar-refractivity contribution < 1.29 is 14.3 Å². The molecule has 0 aromatic carbocycles. The Kier molecular flexibility index (Phi) is 8.16. The van der Waals surface area contributed by atoms with Crippen molar-refractivity contribution in [3.63, 3.8) is 0 Å². The Labute approximate surface area is 152 Å². The van der Waals surface area contributed by atoms with Gasteiger partial charge in [0.15, 0.2) is 0 Å². The molecule has 0 aromatic rings. The van der Waals surface area contributed by atoms with E-state index in [-0.39, 0.29) is 17.7 Å². The summed E-state index contributed by atoms with van der Waals surface area (Å²) in [4.78, 5) is 29.0. The summed E-state index contributed by atoms with van der Waals surface area (Å²) in [6, 6.07) is 0.342. The fourth-order valence-corrected chi connectivity index (χ4v) is 3.83. The van der Waals surface area contributed by atoms with Crippen molar-refractivity contribution >= 4 is 11.8 Å². The summed E-state index contributed by atoms with van der Waals surface area (Å²) < 4.78 is 5.44. The second-order valence-electron chi connectivity index (χ2n) is 7.63. The van der Waals surface area contributed by atoms with Crippen LogP contribution in [0.15, 0.2) is 0 Å². The minimum absolute atomic E-state index is 0.0629. The number of rotatable bonds is 7. The molecule has 0 saturated carbocycles. The van der Waals surface area contributed by atoms with Gasteiger partial charge in [0.2, 0.25) is 11.8 Å². The van der Waals surface area contributed by atoms with E-state index in [0.717, 1.165) is 52.1 Å². The first kappa shape index (κ1) is 20.2. The number of ether oxygens (including phenoxy) is 1. The van der Waals surface area contributed by atoms with Gasteiger partial charge in [-0.2, -0.15) is 0 Å². The van der Waals surface area contributed by atoms with Gasteiger partial charge in [-0.15, -0.1) is 0 Å². The number of hydrogen-bond acceptors (Lipinski definition) is 4. The summed E-state index contributed by atoms with van der Waals surface area (Å²) in [5.41, 5.74) is 0. The molecule has 2 saturated heterocycles. The van der Waals surface area contributed by atoms with Crippen molar-refractivity contribution in [3.8, 4) is 0 Å². The second kappa shape index (κ2) is 10.1. The quantitative estimate of drug-likeness (QED) is 0.753. The maximum atomic E-state index is 12.6. The number of carbonyl (C=O) groups excluding carboxylic acids is 2. The first-order valence-corrected chi connectivity index (χ1v) is 9.90. The fourth-order valence-electron chi connectivity index (χ4n) is 3.83. The molecule has 0 radical (unpaired) electrons. The predicted molar refractivity (Wildman–Crippen MR) is 98.2 cm³/mol. The summed E-state index contributed by atoms with van der Waals surface area (Å²) in [5, 5.41) is 3.16. The molecule has 2 aliphatic heterocycles. The minimum atomic E-state index is -0.0629. The van der Waals surface area contributed by atoms with Gasteiger partial charge in [-0.1, -0.05) is 20.8 Å². The van der Waals surface area contributed by atoms with Gasteiger partial charge in [-0.05, 0) is 25.2 Å². The largest absolute Gasteiger partial charge is 0.379 e. The van der Waals surface area contributed by atoms with E-state index in [2.05, 4.69) is 24.1 Å². The third-order valence-electron chi connectivity index (χ3n) is 5.38. The van der Waals surface area contributed by atoms with Crippen LogP contribution in [0.4, 0.5) is 0 Å². The molecule has 0 spiro atoms. The highest BCUT2D eigenvalue weighted by atomic mass is 16.5. The average Bonchev–Trinajstić information content (AvgIpc) is 2.62. The maximum absolute atomic E-state index is 12.6. The first-order chi connectivity index (χ1) is 12.0. The van der Waals surface area contributed by atoms with Crippen LogP contribution in [0.25, 0.3) is 0 Å². The van der Waals surface area contributed by atoms with Gasteiger partial charge in [0.1, 0.15) is 0 Å². The monoisotopic (exact) mass is 353 g/mol. The minimum Gasteiger partial charge on any atom is -0.379 e. The molecule has 0 aliphatic carbocycles. The Bertz CT molecular complexity index is 436. The highest BCUT2D eigenvalue weighted by Gasteiger charge is 2.29. The smallest absolute Gasteiger partial charge is 0.224 e. The van der Waals surface area contributed by atoms with Crippen molar-refractivity contribution in [2.24, 2.45) is 11.8 Å². The van der Waals surface area contributed by atoms with E-state index in [1.807, 2.05) is 11.8 Å². The number of carbonyl (C=O) groups is 2. The summed E-state index contributed by atoms with van der Waals surface area (Å²) in [6.07, 6.45) is 3.25. The van der Waals surface area contributed by atoms with Gasteiger partial charge in [-0.25, -0.2) is 0 Å². The van der Waals surface area contributed by atoms with Crippen molar-refractivity contribution in [1.29, 1.82) is 0 Å². The van der Waals surface area contributed by atoms with E-state index in [4.69, 9.17) is 4.74 Å². The number of amides is 2. The lowest BCUT2D eigenvalue weighted by atomic mass is 9.96. The number of likely N-dealkylation sites (tertiary alicyclic amines) is 1. The summed E-state index contributed by atoms with van der Waals surface area (Å²) in [5.74, 6) is 0.709. The zero-order valence-electron chi connectivity index (χ0n) is 16.1. The van der Waals surface area contributed by atoms with Gasteiger partial charge < -0.3 is 15.0 Å². The Morgan fingerprint density at radius 2 is 1.92 bits per heavy atom. The predicted octanol–water partition coefficient (Wildman–Crippen LogP) is 1.50. The summed E-state index contributed by atoms with van der Waals surface area (Å²) >= 11 is 0. The Morgan fingerprint density at radius 1 is 1.20 bits per heavy atom. The Balaban J connectivity index is 1.84. The van der Waals surface area contributed by atoms with Crippen LogP contribution in [-0.2, 0) is 14.3 Å². The molecular formula is C19H35N3O3. The molecule has 2 atom stereocenters. The zero-order valence-corrected chi connectivity index (χ0v) is 16.1. The number of nitrogens with zero attached hydrogens (tertiary/aromatic N) is 2. The Hall–Kier alpha value is -1.14. The summed E-state index contributed by atoms with van der Waals surface area (Å²) in [7, 11) is 0. The van der Waals surface area contributed by atoms with Crippen LogP contribution in [0.3, 0.4) is 0 Å². The number of morpholine rings is 1. The average molecular weight is 354 g/mol. The van der Waals surface area contributed by atoms with E-state index < -0.39 is 0 Å². The number of piperidine rings is 1. The SMILES string of the molecule is CCCC(=O)N1CCCC(C(=O)NCC(C(C)C)N2CCOCC2)C1. The molecule has 25 heavy (non-hydrogen) atoms. The van der Waals surface area contributed by atoms with Gasteiger partial charge in [0.05, 0.1) is 19.1 Å². The molecule has 6 heteroatoms. The molecule has 2 fully saturated rings. The zero-order chi connectivity index (χ0) is 18.2. The number of nitrogens with one attached hydrogen (secondary N) is 1. The molecule has 1 N–H and O–H groups in total. The van der Waals surface area contributed by atoms with Crippen molar-refractivity contribution in [2.45, 2.75) is 52.5 Å². The van der Waals surface area contributed by atoms with Crippen LogP contribution < -0.4 is 5.32 Å². The highest BCUT2D eigenvalue weighted by Crippen LogP contribution is 2.18. The van der Waals surface area contributed by atoms with E-state index in [1.165, 1.54) is 0 Å². The van der Waals surface area contributed by atoms with Crippen LogP contribution in [0.2, 0.25) is 0 Å². The number of hydrogen-bond donors (Lipinski definition) is 1. The molecule has 0 aromatic heterocycles. The van der Waals surface area contributed by atoms with Gasteiger partial charge in [0.25, 0.3) is 0 Å². The lowest BCUT2D eigenvalue weighted by Gasteiger charge is -2.37. The molecule has 2 rings (SSSR count). The second-order valence-corrected chi connectivity index (χ2v) is 7.63. The van der Waals surface area contributed by atoms with Crippen LogP contribution in [0, 0.1) is 11.8 Å². The molecule has 2 amide bonds. The molecule has 0 bridgehead atoms. The molecule has 6 nitrogen and oxygen atoms in total. The molecule has 2 unspecified atom stereocenters. The third kappa shape index (κ3) is 5.96. The lowest BCUT2D eigenvalue weighted by Crippen LogP contribution is -2.52. The third-order valence-corrected chi connectivity index (χ3v) is 5.38. The lowest BCUT2D eigenvalue weighted by molar-refractivity contribution is -0.135. The van der Waals surface area contributed by atoms with Gasteiger partial charge >= 0.3 is 0 Å². The summed E-state index contributed by atoms with van der Waals surface area (Å²) in [6.45, 7) is 11.9. The molecule has 2 heterocycles. The van der Waals surface area contributed by atoms with Crippen LogP contribution in [0.1, 0.15) is 46.5 Å². The van der Waals surface area contributed by atoms with Crippen molar-refractivity contribution in [2.75, 3.05) is 45.9 Å². The fraction of sp³-hybridized carbons (Fsp3) is 0.895. The Morgan fingerprint density at radius 3 is 2.56 bits per heavy atom. The standard InChI is InChI=1S/C19H35N3O3/c1-4-6-18(23)22-8-5-7-16(14-22)19(24)20-13-17(15(2)3)21-9-11-25-12-10-21/h15-17H,4-14H2,1-3H3,(H,20,24). The van der Waals surface area contributed by atoms with E-state index >= 15 is 0 Å². The first-order valence-electron chi connectivity index (χ1n) is 9.90. The van der Waals surface area contributed by atoms with Crippen LogP contribution in [0.5, 0.6) is 0 Å². The normalized spacial score (nSPS) is 23.5. The van der Waals surface area contributed by atoms with Gasteiger partial charge in [0, 0.05) is 45.2 Å². The van der Waals surface area contributed by atoms with Crippen molar-refractivity contribution in [1.82, 2.24) is 15.1 Å². The highest BCUT2D eigenvalue weighted by molar-refractivity contribution is 5.81. The van der Waals surface area contributed by atoms with E-state index in [0.29, 0.717) is 31.5 Å². The van der Waals surface area contributed by atoms with Crippen LogP contribution in [-0.4, -0.2) is 73.6 Å². The topological polar surface area (TPSA) is 61.9 Å².